The molecule has 0 atom stereocenters. The number of hydrogen-bond acceptors (Lipinski definition) is 2. The Bertz CT molecular complexity index is 956. The minimum absolute atomic E-state index is 0.820. The van der Waals surface area contributed by atoms with Crippen LogP contribution in [-0.4, -0.2) is 12.4 Å². The topological polar surface area (TPSA) is 24.7 Å². The normalized spacial score (nSPS) is 10.7. The molecule has 0 amide bonds. The summed E-state index contributed by atoms with van der Waals surface area (Å²) in [6, 6.07) is 23.1. The van der Waals surface area contributed by atoms with Gasteiger partial charge in [0.2, 0.25) is 0 Å². The molecule has 2 nitrogen and oxygen atoms in total. The summed E-state index contributed by atoms with van der Waals surface area (Å²) in [4.78, 5) is 8.91. The fraction of sp³-hybridized carbons (Fsp3) is 0. The van der Waals surface area contributed by atoms with Crippen LogP contribution in [0.2, 0.25) is 0 Å². The van der Waals surface area contributed by atoms with Gasteiger partial charge in [0.25, 0.3) is 0 Å². The largest absolute Gasteiger partial charge is 0.256 e. The van der Waals surface area contributed by atoms with Crippen molar-refractivity contribution in [1.29, 1.82) is 0 Å². The minimum atomic E-state index is 0.820. The van der Waals surface area contributed by atoms with Gasteiger partial charge in [0.15, 0.2) is 0 Å². The second kappa shape index (κ2) is 8.29. The van der Waals surface area contributed by atoms with Crippen LogP contribution in [0.3, 0.4) is 0 Å². The Hall–Kier alpha value is -3.88. The second-order valence-corrected chi connectivity index (χ2v) is 5.57. The maximum absolute atomic E-state index is 5.41. The molecule has 0 aliphatic carbocycles. The number of aliphatic imine (C=N–C) groups is 2. The Morgan fingerprint density at radius 2 is 1.04 bits per heavy atom. The Kier molecular flexibility index (Phi) is 5.41. The van der Waals surface area contributed by atoms with E-state index < -0.39 is 0 Å². The summed E-state index contributed by atoms with van der Waals surface area (Å²) < 4.78 is 0. The first-order valence-electron chi connectivity index (χ1n) is 8.08. The lowest BCUT2D eigenvalue weighted by Crippen LogP contribution is -1.84. The molecule has 2 heteroatoms. The summed E-state index contributed by atoms with van der Waals surface area (Å²) in [7, 11) is 0. The van der Waals surface area contributed by atoms with E-state index in [0.29, 0.717) is 0 Å². The SMILES string of the molecule is C#Cc1cccc(N=Cc2ccc(C=Nc3cccc(C#C)c3)cc2)c1. The molecule has 0 N–H and O–H groups in total. The van der Waals surface area contributed by atoms with E-state index >= 15 is 0 Å². The zero-order valence-electron chi connectivity index (χ0n) is 14.1. The van der Waals surface area contributed by atoms with E-state index in [-0.39, 0.29) is 0 Å². The number of terminal acetylenes is 2. The molecule has 0 aliphatic rings. The Morgan fingerprint density at radius 1 is 0.615 bits per heavy atom. The molecule has 122 valence electrons. The standard InChI is InChI=1S/C24H16N2/c1-3-19-7-5-9-23(15-19)25-17-21-11-13-22(14-12-21)18-26-24-10-6-8-20(4-2)16-24/h1-2,5-18H. The van der Waals surface area contributed by atoms with Gasteiger partial charge in [-0.25, -0.2) is 0 Å². The highest BCUT2D eigenvalue weighted by molar-refractivity contribution is 5.86. The average Bonchev–Trinajstić information content (AvgIpc) is 2.72. The molecule has 3 aromatic rings. The fourth-order valence-corrected chi connectivity index (χ4v) is 2.32. The molecule has 0 fully saturated rings. The third-order valence-corrected chi connectivity index (χ3v) is 3.69. The van der Waals surface area contributed by atoms with E-state index in [0.717, 1.165) is 33.6 Å². The van der Waals surface area contributed by atoms with Crippen LogP contribution in [0.1, 0.15) is 22.3 Å². The molecule has 26 heavy (non-hydrogen) atoms. The number of benzene rings is 3. The van der Waals surface area contributed by atoms with Gasteiger partial charge >= 0.3 is 0 Å². The molecule has 0 radical (unpaired) electrons. The van der Waals surface area contributed by atoms with Crippen molar-refractivity contribution in [3.63, 3.8) is 0 Å². The number of hydrogen-bond donors (Lipinski definition) is 0. The minimum Gasteiger partial charge on any atom is -0.256 e. The van der Waals surface area contributed by atoms with Gasteiger partial charge in [-0.3, -0.25) is 9.98 Å². The molecule has 0 spiro atoms. The molecule has 0 saturated carbocycles. The van der Waals surface area contributed by atoms with Crippen LogP contribution >= 0.6 is 0 Å². The van der Waals surface area contributed by atoms with Crippen molar-refractivity contribution >= 4 is 23.8 Å². The quantitative estimate of drug-likeness (QED) is 0.466. The Balaban J connectivity index is 1.70. The van der Waals surface area contributed by atoms with Gasteiger partial charge in [0.05, 0.1) is 11.4 Å². The van der Waals surface area contributed by atoms with Crippen molar-refractivity contribution in [2.45, 2.75) is 0 Å². The van der Waals surface area contributed by atoms with Crippen LogP contribution in [0.5, 0.6) is 0 Å². The van der Waals surface area contributed by atoms with Gasteiger partial charge < -0.3 is 0 Å². The molecule has 0 aliphatic heterocycles. The van der Waals surface area contributed by atoms with Gasteiger partial charge in [-0.2, -0.15) is 0 Å². The first kappa shape index (κ1) is 17.0. The zero-order chi connectivity index (χ0) is 18.2. The lowest BCUT2D eigenvalue weighted by Gasteiger charge is -1.98. The van der Waals surface area contributed by atoms with Crippen LogP contribution in [0, 0.1) is 24.7 Å². The number of rotatable bonds is 4. The monoisotopic (exact) mass is 332 g/mol. The molecule has 3 rings (SSSR count). The lowest BCUT2D eigenvalue weighted by atomic mass is 10.1. The first-order valence-corrected chi connectivity index (χ1v) is 8.08. The van der Waals surface area contributed by atoms with Crippen molar-refractivity contribution in [2.24, 2.45) is 9.98 Å². The van der Waals surface area contributed by atoms with E-state index in [4.69, 9.17) is 12.8 Å². The van der Waals surface area contributed by atoms with Crippen LogP contribution in [0.4, 0.5) is 11.4 Å². The van der Waals surface area contributed by atoms with Crippen LogP contribution < -0.4 is 0 Å². The van der Waals surface area contributed by atoms with Gasteiger partial charge in [-0.05, 0) is 47.5 Å². The third-order valence-electron chi connectivity index (χ3n) is 3.69. The van der Waals surface area contributed by atoms with Crippen molar-refractivity contribution in [2.75, 3.05) is 0 Å². The second-order valence-electron chi connectivity index (χ2n) is 5.57. The lowest BCUT2D eigenvalue weighted by molar-refractivity contribution is 1.50. The molecule has 0 bridgehead atoms. The van der Waals surface area contributed by atoms with E-state index in [9.17, 15) is 0 Å². The van der Waals surface area contributed by atoms with Crippen LogP contribution in [0.25, 0.3) is 0 Å². The number of nitrogens with zero attached hydrogens (tertiary/aromatic N) is 2. The summed E-state index contributed by atoms with van der Waals surface area (Å²) in [6.07, 6.45) is 14.4. The Morgan fingerprint density at radius 3 is 1.42 bits per heavy atom. The van der Waals surface area contributed by atoms with Crippen molar-refractivity contribution < 1.29 is 0 Å². The van der Waals surface area contributed by atoms with Crippen molar-refractivity contribution in [3.8, 4) is 24.7 Å². The molecule has 3 aromatic carbocycles. The van der Waals surface area contributed by atoms with Gasteiger partial charge in [0, 0.05) is 23.6 Å². The van der Waals surface area contributed by atoms with Gasteiger partial charge in [0.1, 0.15) is 0 Å². The van der Waals surface area contributed by atoms with Crippen molar-refractivity contribution in [1.82, 2.24) is 0 Å². The summed E-state index contributed by atoms with van der Waals surface area (Å²) in [5, 5.41) is 0. The highest BCUT2D eigenvalue weighted by Crippen LogP contribution is 2.15. The third kappa shape index (κ3) is 4.57. The average molecular weight is 332 g/mol. The van der Waals surface area contributed by atoms with Crippen LogP contribution in [-0.2, 0) is 0 Å². The maximum Gasteiger partial charge on any atom is 0.0642 e. The summed E-state index contributed by atoms with van der Waals surface area (Å²) in [6.45, 7) is 0. The van der Waals surface area contributed by atoms with Crippen LogP contribution in [0.15, 0.2) is 82.8 Å². The molecule has 0 heterocycles. The van der Waals surface area contributed by atoms with E-state index in [1.165, 1.54) is 0 Å². The van der Waals surface area contributed by atoms with Gasteiger partial charge in [-0.15, -0.1) is 12.8 Å². The molecule has 0 saturated heterocycles. The first-order chi connectivity index (χ1) is 12.8. The highest BCUT2D eigenvalue weighted by Gasteiger charge is 1.94. The highest BCUT2D eigenvalue weighted by atomic mass is 14.7. The summed E-state index contributed by atoms with van der Waals surface area (Å²) in [5.74, 6) is 5.22. The molecular formula is C24H16N2. The summed E-state index contributed by atoms with van der Waals surface area (Å²) >= 11 is 0. The smallest absolute Gasteiger partial charge is 0.0642 e. The summed E-state index contributed by atoms with van der Waals surface area (Å²) in [5.41, 5.74) is 5.31. The predicted octanol–water partition coefficient (Wildman–Crippen LogP) is 5.15. The van der Waals surface area contributed by atoms with Crippen molar-refractivity contribution in [3.05, 3.63) is 95.1 Å². The molecule has 0 unspecified atom stereocenters. The van der Waals surface area contributed by atoms with E-state index in [1.54, 1.807) is 0 Å². The molecule has 0 aromatic heterocycles. The molecular weight excluding hydrogens is 316 g/mol. The zero-order valence-corrected chi connectivity index (χ0v) is 14.1. The fourth-order valence-electron chi connectivity index (χ4n) is 2.32. The Labute approximate surface area is 154 Å². The van der Waals surface area contributed by atoms with E-state index in [1.807, 2.05) is 85.2 Å². The maximum atomic E-state index is 5.41. The predicted molar refractivity (Wildman–Crippen MR) is 110 cm³/mol. The van der Waals surface area contributed by atoms with Gasteiger partial charge in [-0.1, -0.05) is 48.2 Å². The van der Waals surface area contributed by atoms with E-state index in [2.05, 4.69) is 21.8 Å².